The normalized spacial score (nSPS) is 13.8. The zero-order valence-corrected chi connectivity index (χ0v) is 43.2. The Morgan fingerprint density at radius 3 is 1.42 bits per heavy atom. The number of carbonyl (C=O) groups is 2. The van der Waals surface area contributed by atoms with Crippen LogP contribution >= 0.6 is 31.0 Å². The van der Waals surface area contributed by atoms with E-state index in [9.17, 15) is 19.3 Å². The van der Waals surface area contributed by atoms with Crippen LogP contribution in [-0.2, 0) is 40.6 Å². The highest BCUT2D eigenvalue weighted by Gasteiger charge is 2.37. The number of rotatable bonds is 13. The molecule has 0 heterocycles. The van der Waals surface area contributed by atoms with E-state index in [0.717, 1.165) is 32.0 Å². The number of thioether (sulfide) groups is 2. The Bertz CT molecular complexity index is 1840. The van der Waals surface area contributed by atoms with E-state index in [2.05, 4.69) is 126 Å². The number of para-hydroxylation sites is 1. The van der Waals surface area contributed by atoms with Crippen molar-refractivity contribution in [3.63, 3.8) is 0 Å². The molecule has 0 bridgehead atoms. The molecule has 2 atom stereocenters. The molecule has 0 spiro atoms. The first-order valence-electron chi connectivity index (χ1n) is 21.3. The molecule has 0 aromatic heterocycles. The van der Waals surface area contributed by atoms with Crippen molar-refractivity contribution < 1.29 is 33.3 Å². The van der Waals surface area contributed by atoms with E-state index in [1.165, 1.54) is 6.92 Å². The summed E-state index contributed by atoms with van der Waals surface area (Å²) in [6.07, 6.45) is -1.01. The van der Waals surface area contributed by atoms with Gasteiger partial charge in [-0.1, -0.05) is 129 Å². The Hall–Kier alpha value is -2.91. The molecule has 0 aliphatic heterocycles. The lowest BCUT2D eigenvalue weighted by Gasteiger charge is -2.32. The van der Waals surface area contributed by atoms with E-state index in [-0.39, 0.29) is 26.8 Å². The minimum Gasteiger partial charge on any atom is -0.507 e. The topological polar surface area (TPSA) is 111 Å². The van der Waals surface area contributed by atoms with E-state index in [4.69, 9.17) is 14.0 Å². The molecule has 3 aromatic rings. The van der Waals surface area contributed by atoms with Crippen molar-refractivity contribution in [2.24, 2.45) is 0 Å². The molecule has 0 aliphatic carbocycles. The average molecular weight is 888 g/mol. The highest BCUT2D eigenvalue weighted by Crippen LogP contribution is 2.52. The lowest BCUT2D eigenvalue weighted by atomic mass is 9.79. The van der Waals surface area contributed by atoms with Crippen molar-refractivity contribution in [3.8, 4) is 17.2 Å². The maximum atomic E-state index is 14.4. The van der Waals surface area contributed by atoms with Crippen LogP contribution in [0.3, 0.4) is 0 Å². The zero-order chi connectivity index (χ0) is 46.8. The molecule has 1 unspecified atom stereocenters. The lowest BCUT2D eigenvalue weighted by molar-refractivity contribution is -0.149. The van der Waals surface area contributed by atoms with Crippen molar-refractivity contribution in [2.45, 2.75) is 193 Å². The summed E-state index contributed by atoms with van der Waals surface area (Å²) >= 11 is 3.48. The van der Waals surface area contributed by atoms with Crippen LogP contribution in [0.1, 0.15) is 168 Å². The summed E-state index contributed by atoms with van der Waals surface area (Å²) in [7, 11) is -4.05. The fourth-order valence-electron chi connectivity index (χ4n) is 6.04. The van der Waals surface area contributed by atoms with Crippen molar-refractivity contribution in [2.75, 3.05) is 6.16 Å². The molecular weight excluding hydrogens is 810 g/mol. The number of benzene rings is 3. The smallest absolute Gasteiger partial charge is 0.328 e. The van der Waals surface area contributed by atoms with Crippen LogP contribution < -0.4 is 14.3 Å². The third-order valence-electron chi connectivity index (χ3n) is 8.75. The van der Waals surface area contributed by atoms with Gasteiger partial charge in [-0.25, -0.2) is 5.09 Å². The van der Waals surface area contributed by atoms with E-state index >= 15 is 0 Å². The fraction of sp³-hybridized carbons (Fsp3) is 0.592. The maximum absolute atomic E-state index is 14.4. The van der Waals surface area contributed by atoms with E-state index in [1.807, 2.05) is 27.7 Å². The van der Waals surface area contributed by atoms with Crippen LogP contribution in [0.4, 0.5) is 0 Å². The summed E-state index contributed by atoms with van der Waals surface area (Å²) in [6, 6.07) is 15.9. The molecule has 0 radical (unpaired) electrons. The molecule has 8 nitrogen and oxygen atoms in total. The summed E-state index contributed by atoms with van der Waals surface area (Å²) in [4.78, 5) is 28.8. The Morgan fingerprint density at radius 1 is 0.667 bits per heavy atom. The van der Waals surface area contributed by atoms with Gasteiger partial charge in [0.25, 0.3) is 0 Å². The molecule has 2 N–H and O–H groups in total. The van der Waals surface area contributed by atoms with Gasteiger partial charge in [0.2, 0.25) is 0 Å². The van der Waals surface area contributed by atoms with Crippen molar-refractivity contribution in [1.82, 2.24) is 5.09 Å². The molecule has 11 heteroatoms. The number of aromatic hydroxyl groups is 1. The Morgan fingerprint density at radius 2 is 1.05 bits per heavy atom. The molecule has 338 valence electrons. The standard InChI is InChI=1S/C45H66NO7PS2.2C2H6/c1-28(2)51-40(49)29(3)46-54(50,53-30-21-19-18-20-22-30)27-37(47)52-39-35(43(10,11)12)25-32(26-36(39)44(13,14)15)56-45(16,17)55-31-23-33(41(4,5)6)38(48)34(24-31)42(7,8)9;2*1-2/h18-26,28-29,48H,27H2,1-17H3,(H,46,50);2*1-2H3/t29-,54?;;/m0../s1. The lowest BCUT2D eigenvalue weighted by Crippen LogP contribution is -2.37. The van der Waals surface area contributed by atoms with Crippen molar-refractivity contribution >= 4 is 43.0 Å². The van der Waals surface area contributed by atoms with E-state index in [1.54, 1.807) is 67.7 Å². The minimum absolute atomic E-state index is 0.246. The second-order valence-electron chi connectivity index (χ2n) is 19.4. The highest BCUT2D eigenvalue weighted by molar-refractivity contribution is 8.18. The molecule has 3 rings (SSSR count). The third-order valence-corrected chi connectivity index (χ3v) is 13.1. The second kappa shape index (κ2) is 21.9. The van der Waals surface area contributed by atoms with Crippen LogP contribution in [0.15, 0.2) is 64.4 Å². The average Bonchev–Trinajstić information content (AvgIpc) is 3.08. The second-order valence-corrected chi connectivity index (χ2v) is 25.1. The van der Waals surface area contributed by atoms with Crippen molar-refractivity contribution in [3.05, 3.63) is 76.9 Å². The fourth-order valence-corrected chi connectivity index (χ4v) is 10.4. The molecule has 0 aliphatic rings. The quantitative estimate of drug-likeness (QED) is 0.0566. The Balaban J connectivity index is 0.00000436. The van der Waals surface area contributed by atoms with Gasteiger partial charge in [-0.3, -0.25) is 14.2 Å². The number of carbonyl (C=O) groups excluding carboxylic acids is 2. The summed E-state index contributed by atoms with van der Waals surface area (Å²) in [5, 5.41) is 14.1. The number of hydrogen-bond acceptors (Lipinski definition) is 9. The molecule has 0 fully saturated rings. The Kier molecular flexibility index (Phi) is 20.1. The Labute approximate surface area is 373 Å². The van der Waals surface area contributed by atoms with Gasteiger partial charge in [0.15, 0.2) is 0 Å². The molecule has 60 heavy (non-hydrogen) atoms. The first-order valence-corrected chi connectivity index (χ1v) is 24.7. The van der Waals surface area contributed by atoms with Gasteiger partial charge in [-0.05, 0) is 92.7 Å². The molecule has 0 amide bonds. The third kappa shape index (κ3) is 16.8. The van der Waals surface area contributed by atoms with Gasteiger partial charge >= 0.3 is 19.5 Å². The number of hydrogen-bond donors (Lipinski definition) is 2. The van der Waals surface area contributed by atoms with E-state index in [0.29, 0.717) is 11.5 Å². The minimum atomic E-state index is -4.05. The number of phenols is 1. The highest BCUT2D eigenvalue weighted by atomic mass is 32.2. The number of esters is 2. The first kappa shape index (κ1) is 55.1. The zero-order valence-electron chi connectivity index (χ0n) is 40.7. The van der Waals surface area contributed by atoms with Crippen LogP contribution in [0.2, 0.25) is 0 Å². The van der Waals surface area contributed by atoms with Gasteiger partial charge in [-0.2, -0.15) is 0 Å². The first-order chi connectivity index (χ1) is 27.3. The molecular formula is C49H78NO7PS2. The number of nitrogens with one attached hydrogen (secondary N) is 1. The molecule has 0 saturated carbocycles. The molecule has 0 saturated heterocycles. The van der Waals surface area contributed by atoms with E-state index < -0.39 is 42.5 Å². The molecule has 3 aromatic carbocycles. The summed E-state index contributed by atoms with van der Waals surface area (Å²) in [6.45, 7) is 42.5. The number of ether oxygens (including phenoxy) is 2. The summed E-state index contributed by atoms with van der Waals surface area (Å²) in [5.41, 5.74) is 2.12. The summed E-state index contributed by atoms with van der Waals surface area (Å²) < 4.78 is 31.6. The number of phenolic OH excluding ortho intramolecular Hbond substituents is 1. The van der Waals surface area contributed by atoms with Gasteiger partial charge in [0.1, 0.15) is 29.5 Å². The monoisotopic (exact) mass is 887 g/mol. The summed E-state index contributed by atoms with van der Waals surface area (Å²) in [5.74, 6) is -0.308. The predicted molar refractivity (Wildman–Crippen MR) is 257 cm³/mol. The van der Waals surface area contributed by atoms with Gasteiger partial charge < -0.3 is 19.1 Å². The van der Waals surface area contributed by atoms with Crippen LogP contribution in [0.5, 0.6) is 17.2 Å². The van der Waals surface area contributed by atoms with Crippen LogP contribution in [-0.4, -0.2) is 39.4 Å². The van der Waals surface area contributed by atoms with Crippen LogP contribution in [0.25, 0.3) is 0 Å². The SMILES string of the molecule is CC.CC.CC(C)OC(=O)[C@H](C)NP(=O)(CC(=O)Oc1c(C(C)(C)C)cc(SC(C)(C)Sc2cc(C(C)(C)C)c(O)c(C(C)(C)C)c2)cc1C(C)(C)C)Oc1ccccc1. The maximum Gasteiger partial charge on any atom is 0.328 e. The van der Waals surface area contributed by atoms with Gasteiger partial charge in [-0.15, -0.1) is 23.5 Å². The van der Waals surface area contributed by atoms with Gasteiger partial charge in [0, 0.05) is 32.0 Å². The van der Waals surface area contributed by atoms with Gasteiger partial charge in [0.05, 0.1) is 10.2 Å². The van der Waals surface area contributed by atoms with Crippen molar-refractivity contribution in [1.29, 1.82) is 0 Å². The van der Waals surface area contributed by atoms with Crippen LogP contribution in [0, 0.1) is 0 Å². The predicted octanol–water partition coefficient (Wildman–Crippen LogP) is 14.4. The largest absolute Gasteiger partial charge is 0.507 e.